The van der Waals surface area contributed by atoms with Gasteiger partial charge in [-0.2, -0.15) is 0 Å². The van der Waals surface area contributed by atoms with E-state index in [2.05, 4.69) is 0 Å². The highest BCUT2D eigenvalue weighted by Crippen LogP contribution is 2.26. The van der Waals surface area contributed by atoms with Crippen LogP contribution < -0.4 is 9.47 Å². The number of esters is 2. The van der Waals surface area contributed by atoms with Gasteiger partial charge in [-0.25, -0.2) is 9.59 Å². The Labute approximate surface area is 198 Å². The van der Waals surface area contributed by atoms with E-state index in [0.29, 0.717) is 61.5 Å². The Morgan fingerprint density at radius 1 is 0.647 bits per heavy atom. The molecule has 2 atom stereocenters. The molecule has 3 aliphatic rings. The number of carbonyl (C=O) groups is 2. The average Bonchev–Trinajstić information content (AvgIpc) is 3.79. The third-order valence-electron chi connectivity index (χ3n) is 6.03. The highest BCUT2D eigenvalue weighted by Gasteiger charge is 2.27. The van der Waals surface area contributed by atoms with Crippen molar-refractivity contribution < 1.29 is 38.0 Å². The van der Waals surface area contributed by atoms with Gasteiger partial charge in [-0.05, 0) is 74.2 Å². The predicted molar refractivity (Wildman–Crippen MR) is 120 cm³/mol. The fourth-order valence-corrected chi connectivity index (χ4v) is 3.79. The van der Waals surface area contributed by atoms with Gasteiger partial charge in [-0.3, -0.25) is 0 Å². The average molecular weight is 469 g/mol. The van der Waals surface area contributed by atoms with Gasteiger partial charge in [0.2, 0.25) is 0 Å². The molecular formula is C26H28O8. The number of benzene rings is 2. The van der Waals surface area contributed by atoms with Crippen LogP contribution in [-0.2, 0) is 18.9 Å². The first kappa shape index (κ1) is 22.7. The number of carbonyl (C=O) groups excluding carboxylic acids is 2. The highest BCUT2D eigenvalue weighted by molar-refractivity contribution is 5.90. The summed E-state index contributed by atoms with van der Waals surface area (Å²) in [5.74, 6) is 0.690. The van der Waals surface area contributed by atoms with Crippen LogP contribution in [0.2, 0.25) is 0 Å². The first-order valence-corrected chi connectivity index (χ1v) is 11.7. The van der Waals surface area contributed by atoms with Crippen LogP contribution in [0.1, 0.15) is 46.4 Å². The second-order valence-electron chi connectivity index (χ2n) is 8.79. The third-order valence-corrected chi connectivity index (χ3v) is 6.03. The van der Waals surface area contributed by atoms with Crippen molar-refractivity contribution in [3.63, 3.8) is 0 Å². The number of rotatable bonds is 10. The van der Waals surface area contributed by atoms with E-state index in [4.69, 9.17) is 28.4 Å². The zero-order valence-electron chi connectivity index (χ0n) is 18.9. The lowest BCUT2D eigenvalue weighted by atomic mass is 9.95. The first-order valence-electron chi connectivity index (χ1n) is 11.7. The van der Waals surface area contributed by atoms with E-state index >= 15 is 0 Å². The second kappa shape index (κ2) is 10.4. The molecule has 2 heterocycles. The Morgan fingerprint density at radius 3 is 1.32 bits per heavy atom. The van der Waals surface area contributed by atoms with Crippen molar-refractivity contribution in [3.05, 3.63) is 59.7 Å². The van der Waals surface area contributed by atoms with Crippen molar-refractivity contribution in [2.75, 3.05) is 26.4 Å². The minimum absolute atomic E-state index is 0.183. The molecule has 1 saturated carbocycles. The lowest BCUT2D eigenvalue weighted by Gasteiger charge is -2.28. The van der Waals surface area contributed by atoms with Crippen molar-refractivity contribution in [2.45, 2.75) is 50.1 Å². The van der Waals surface area contributed by atoms with Crippen molar-refractivity contribution in [1.82, 2.24) is 0 Å². The molecular weight excluding hydrogens is 440 g/mol. The maximum Gasteiger partial charge on any atom is 0.338 e. The SMILES string of the molecule is O=C(O[C@H]1CC[C@H](OC(=O)c2ccc(OCC3CO3)cc2)CC1)c1ccc(OCC2CO2)cc1. The summed E-state index contributed by atoms with van der Waals surface area (Å²) in [4.78, 5) is 24.9. The molecule has 180 valence electrons. The molecule has 8 heteroatoms. The molecule has 3 fully saturated rings. The minimum Gasteiger partial charge on any atom is -0.491 e. The van der Waals surface area contributed by atoms with E-state index in [1.807, 2.05) is 0 Å². The van der Waals surface area contributed by atoms with E-state index in [1.165, 1.54) is 0 Å². The Balaban J connectivity index is 1.02. The summed E-state index contributed by atoms with van der Waals surface area (Å²) in [5, 5.41) is 0. The van der Waals surface area contributed by atoms with Gasteiger partial charge in [0.1, 0.15) is 49.1 Å². The molecule has 0 spiro atoms. The maximum atomic E-state index is 12.5. The normalized spacial score (nSPS) is 25.2. The Bertz CT molecular complexity index is 889. The summed E-state index contributed by atoms with van der Waals surface area (Å²) in [7, 11) is 0. The zero-order valence-corrected chi connectivity index (χ0v) is 18.9. The fourth-order valence-electron chi connectivity index (χ4n) is 3.79. The maximum absolute atomic E-state index is 12.5. The summed E-state index contributed by atoms with van der Waals surface area (Å²) in [6.07, 6.45) is 2.63. The molecule has 0 radical (unpaired) electrons. The quantitative estimate of drug-likeness (QED) is 0.386. The molecule has 2 saturated heterocycles. The van der Waals surface area contributed by atoms with Crippen LogP contribution in [0.15, 0.2) is 48.5 Å². The monoisotopic (exact) mass is 468 g/mol. The molecule has 0 amide bonds. The van der Waals surface area contributed by atoms with Gasteiger partial charge < -0.3 is 28.4 Å². The van der Waals surface area contributed by atoms with Crippen LogP contribution >= 0.6 is 0 Å². The van der Waals surface area contributed by atoms with Crippen molar-refractivity contribution >= 4 is 11.9 Å². The van der Waals surface area contributed by atoms with E-state index < -0.39 is 0 Å². The van der Waals surface area contributed by atoms with Crippen molar-refractivity contribution in [2.24, 2.45) is 0 Å². The molecule has 34 heavy (non-hydrogen) atoms. The molecule has 2 unspecified atom stereocenters. The van der Waals surface area contributed by atoms with Gasteiger partial charge in [0.15, 0.2) is 0 Å². The Kier molecular flexibility index (Phi) is 6.97. The summed E-state index contributed by atoms with van der Waals surface area (Å²) in [6.45, 7) is 2.53. The number of ether oxygens (including phenoxy) is 6. The molecule has 0 aromatic heterocycles. The Hall–Kier alpha value is -3.10. The second-order valence-corrected chi connectivity index (χ2v) is 8.79. The van der Waals surface area contributed by atoms with Crippen LogP contribution in [0.3, 0.4) is 0 Å². The van der Waals surface area contributed by atoms with E-state index in [9.17, 15) is 9.59 Å². The zero-order chi connectivity index (χ0) is 23.3. The molecule has 2 aromatic carbocycles. The molecule has 2 aliphatic heterocycles. The first-order chi connectivity index (χ1) is 16.6. The van der Waals surface area contributed by atoms with Gasteiger partial charge in [0.25, 0.3) is 0 Å². The van der Waals surface area contributed by atoms with Crippen LogP contribution in [0, 0.1) is 0 Å². The van der Waals surface area contributed by atoms with E-state index in [0.717, 1.165) is 13.2 Å². The molecule has 1 aliphatic carbocycles. The summed E-state index contributed by atoms with van der Waals surface area (Å²) in [5.41, 5.74) is 0.973. The van der Waals surface area contributed by atoms with Crippen LogP contribution in [0.25, 0.3) is 0 Å². The minimum atomic E-state index is -0.354. The van der Waals surface area contributed by atoms with Crippen LogP contribution in [0.4, 0.5) is 0 Å². The number of hydrogen-bond donors (Lipinski definition) is 0. The third kappa shape index (κ3) is 6.48. The van der Waals surface area contributed by atoms with Gasteiger partial charge in [-0.15, -0.1) is 0 Å². The molecule has 5 rings (SSSR count). The van der Waals surface area contributed by atoms with Gasteiger partial charge in [-0.1, -0.05) is 0 Å². The summed E-state index contributed by atoms with van der Waals surface area (Å²) >= 11 is 0. The van der Waals surface area contributed by atoms with E-state index in [1.54, 1.807) is 48.5 Å². The van der Waals surface area contributed by atoms with Crippen LogP contribution in [0.5, 0.6) is 11.5 Å². The Morgan fingerprint density at radius 2 is 1.00 bits per heavy atom. The lowest BCUT2D eigenvalue weighted by molar-refractivity contribution is -0.0108. The number of hydrogen-bond acceptors (Lipinski definition) is 8. The fraction of sp³-hybridized carbons (Fsp3) is 0.462. The van der Waals surface area contributed by atoms with Crippen molar-refractivity contribution in [3.8, 4) is 11.5 Å². The summed E-state index contributed by atoms with van der Waals surface area (Å²) in [6, 6.07) is 13.9. The predicted octanol–water partition coefficient (Wildman–Crippen LogP) is 3.57. The molecule has 8 nitrogen and oxygen atoms in total. The van der Waals surface area contributed by atoms with Crippen LogP contribution in [-0.4, -0.2) is 62.8 Å². The molecule has 0 bridgehead atoms. The molecule has 0 N–H and O–H groups in total. The molecule has 2 aromatic rings. The van der Waals surface area contributed by atoms with Gasteiger partial charge in [0.05, 0.1) is 24.3 Å². The smallest absolute Gasteiger partial charge is 0.338 e. The number of epoxide rings is 2. The summed E-state index contributed by atoms with van der Waals surface area (Å²) < 4.78 is 32.7. The largest absolute Gasteiger partial charge is 0.491 e. The van der Waals surface area contributed by atoms with Gasteiger partial charge >= 0.3 is 11.9 Å². The lowest BCUT2D eigenvalue weighted by Crippen LogP contribution is -2.29. The van der Waals surface area contributed by atoms with E-state index in [-0.39, 0.29) is 36.4 Å². The van der Waals surface area contributed by atoms with Crippen molar-refractivity contribution in [1.29, 1.82) is 0 Å². The highest BCUT2D eigenvalue weighted by atomic mass is 16.6. The van der Waals surface area contributed by atoms with Gasteiger partial charge in [0, 0.05) is 0 Å². The standard InChI is InChI=1S/C26H28O8/c27-25(17-1-5-19(6-2-17)29-13-23-15-31-23)33-21-9-11-22(12-10-21)34-26(28)18-3-7-20(8-4-18)30-14-24-16-32-24/h1-8,21-24H,9-16H2/t21-,22-,23?,24?. The topological polar surface area (TPSA) is 96.1 Å².